The van der Waals surface area contributed by atoms with Gasteiger partial charge in [0, 0.05) is 11.8 Å². The van der Waals surface area contributed by atoms with Gasteiger partial charge in [0.1, 0.15) is 5.84 Å². The highest BCUT2D eigenvalue weighted by Gasteiger charge is 2.11. The van der Waals surface area contributed by atoms with Crippen LogP contribution in [-0.4, -0.2) is 20.6 Å². The molecule has 0 aliphatic carbocycles. The van der Waals surface area contributed by atoms with Crippen molar-refractivity contribution in [3.8, 4) is 5.82 Å². The van der Waals surface area contributed by atoms with Gasteiger partial charge in [-0.05, 0) is 26.0 Å². The van der Waals surface area contributed by atoms with Gasteiger partial charge in [-0.25, -0.2) is 9.67 Å². The number of amidine groups is 1. The van der Waals surface area contributed by atoms with Crippen molar-refractivity contribution in [2.45, 2.75) is 13.8 Å². The highest BCUT2D eigenvalue weighted by molar-refractivity contribution is 6.31. The van der Waals surface area contributed by atoms with E-state index in [0.717, 1.165) is 11.4 Å². The molecule has 3 N–H and O–H groups in total. The minimum absolute atomic E-state index is 0.00421. The molecule has 0 atom stereocenters. The van der Waals surface area contributed by atoms with Crippen molar-refractivity contribution in [2.24, 2.45) is 5.73 Å². The van der Waals surface area contributed by atoms with E-state index in [1.807, 2.05) is 13.8 Å². The molecule has 2 aromatic heterocycles. The first-order valence-corrected chi connectivity index (χ1v) is 5.41. The quantitative estimate of drug-likeness (QED) is 0.629. The highest BCUT2D eigenvalue weighted by Crippen LogP contribution is 2.21. The second-order valence-corrected chi connectivity index (χ2v) is 4.09. The molecule has 2 aromatic rings. The minimum Gasteiger partial charge on any atom is -0.384 e. The van der Waals surface area contributed by atoms with Crippen LogP contribution >= 0.6 is 11.6 Å². The summed E-state index contributed by atoms with van der Waals surface area (Å²) < 4.78 is 1.67. The Balaban J connectivity index is 2.47. The number of nitrogens with zero attached hydrogens (tertiary/aromatic N) is 3. The number of nitrogen functional groups attached to an aromatic ring is 1. The number of pyridine rings is 1. The van der Waals surface area contributed by atoms with E-state index in [4.69, 9.17) is 22.7 Å². The molecule has 0 radical (unpaired) electrons. The molecule has 0 aromatic carbocycles. The van der Waals surface area contributed by atoms with Gasteiger partial charge in [0.05, 0.1) is 16.4 Å². The van der Waals surface area contributed by atoms with Gasteiger partial charge in [-0.3, -0.25) is 5.41 Å². The van der Waals surface area contributed by atoms with E-state index in [2.05, 4.69) is 10.1 Å². The summed E-state index contributed by atoms with van der Waals surface area (Å²) >= 11 is 6.06. The van der Waals surface area contributed by atoms with E-state index in [-0.39, 0.29) is 5.84 Å². The van der Waals surface area contributed by atoms with Gasteiger partial charge >= 0.3 is 0 Å². The number of aryl methyl sites for hydroxylation is 1. The minimum atomic E-state index is -0.00421. The fraction of sp³-hybridized carbons (Fsp3) is 0.182. The molecular formula is C11H12ClN5. The molecule has 0 aliphatic rings. The lowest BCUT2D eigenvalue weighted by atomic mass is 10.2. The summed E-state index contributed by atoms with van der Waals surface area (Å²) in [5.74, 6) is 0.651. The summed E-state index contributed by atoms with van der Waals surface area (Å²) in [5, 5.41) is 12.2. The fourth-order valence-corrected chi connectivity index (χ4v) is 1.64. The molecule has 17 heavy (non-hydrogen) atoms. The predicted molar refractivity (Wildman–Crippen MR) is 66.9 cm³/mol. The van der Waals surface area contributed by atoms with E-state index in [0.29, 0.717) is 16.4 Å². The topological polar surface area (TPSA) is 80.6 Å². The summed E-state index contributed by atoms with van der Waals surface area (Å²) in [6.45, 7) is 3.72. The fourth-order valence-electron chi connectivity index (χ4n) is 1.52. The second kappa shape index (κ2) is 4.18. The Morgan fingerprint density at radius 2 is 2.12 bits per heavy atom. The number of nitrogens with one attached hydrogen (secondary N) is 1. The van der Waals surface area contributed by atoms with Crippen LogP contribution in [0.4, 0.5) is 0 Å². The lowest BCUT2D eigenvalue weighted by Gasteiger charge is -2.04. The molecule has 2 heterocycles. The van der Waals surface area contributed by atoms with Crippen LogP contribution in [0.3, 0.4) is 0 Å². The van der Waals surface area contributed by atoms with Gasteiger partial charge in [-0.15, -0.1) is 0 Å². The Bertz CT molecular complexity index is 570. The molecule has 0 bridgehead atoms. The Morgan fingerprint density at radius 3 is 2.53 bits per heavy atom. The SMILES string of the molecule is Cc1nn(-c2ccc(C(=N)N)cn2)c(C)c1Cl. The Labute approximate surface area is 104 Å². The van der Waals surface area contributed by atoms with Crippen LogP contribution in [0.1, 0.15) is 17.0 Å². The molecule has 0 saturated carbocycles. The van der Waals surface area contributed by atoms with Crippen molar-refractivity contribution in [3.63, 3.8) is 0 Å². The normalized spacial score (nSPS) is 10.5. The smallest absolute Gasteiger partial charge is 0.153 e. The molecule has 2 rings (SSSR count). The first-order chi connectivity index (χ1) is 8.00. The van der Waals surface area contributed by atoms with Gasteiger partial charge in [-0.2, -0.15) is 5.10 Å². The average molecular weight is 250 g/mol. The summed E-state index contributed by atoms with van der Waals surface area (Å²) in [7, 11) is 0. The monoisotopic (exact) mass is 249 g/mol. The number of halogens is 1. The third-order valence-electron chi connectivity index (χ3n) is 2.48. The third-order valence-corrected chi connectivity index (χ3v) is 3.03. The first-order valence-electron chi connectivity index (χ1n) is 5.03. The lowest BCUT2D eigenvalue weighted by Crippen LogP contribution is -2.12. The zero-order valence-corrected chi connectivity index (χ0v) is 10.3. The van der Waals surface area contributed by atoms with E-state index in [1.165, 1.54) is 0 Å². The van der Waals surface area contributed by atoms with Crippen molar-refractivity contribution in [1.82, 2.24) is 14.8 Å². The summed E-state index contributed by atoms with van der Waals surface area (Å²) in [6.07, 6.45) is 1.54. The van der Waals surface area contributed by atoms with Crippen LogP contribution in [0.25, 0.3) is 5.82 Å². The molecule has 0 fully saturated rings. The van der Waals surface area contributed by atoms with Gasteiger partial charge in [0.25, 0.3) is 0 Å². The molecular weight excluding hydrogens is 238 g/mol. The lowest BCUT2D eigenvalue weighted by molar-refractivity contribution is 0.806. The Hall–Kier alpha value is -1.88. The maximum Gasteiger partial charge on any atom is 0.153 e. The summed E-state index contributed by atoms with van der Waals surface area (Å²) in [5.41, 5.74) is 7.55. The molecule has 0 spiro atoms. The van der Waals surface area contributed by atoms with Crippen molar-refractivity contribution in [2.75, 3.05) is 0 Å². The second-order valence-electron chi connectivity index (χ2n) is 3.72. The molecule has 6 heteroatoms. The first kappa shape index (κ1) is 11.6. The van der Waals surface area contributed by atoms with Crippen LogP contribution in [-0.2, 0) is 0 Å². The van der Waals surface area contributed by atoms with Gasteiger partial charge in [0.15, 0.2) is 5.82 Å². The van der Waals surface area contributed by atoms with Crippen LogP contribution in [0, 0.1) is 19.3 Å². The maximum absolute atomic E-state index is 7.29. The van der Waals surface area contributed by atoms with Crippen molar-refractivity contribution in [3.05, 3.63) is 40.3 Å². The van der Waals surface area contributed by atoms with Gasteiger partial charge in [0.2, 0.25) is 0 Å². The standard InChI is InChI=1S/C11H12ClN5/c1-6-10(12)7(2)17(16-6)9-4-3-8(5-15-9)11(13)14/h3-5H,1-2H3,(H3,13,14). The Morgan fingerprint density at radius 1 is 1.41 bits per heavy atom. The summed E-state index contributed by atoms with van der Waals surface area (Å²) in [4.78, 5) is 4.21. The van der Waals surface area contributed by atoms with Gasteiger partial charge in [-0.1, -0.05) is 11.6 Å². The number of hydrogen-bond acceptors (Lipinski definition) is 3. The van der Waals surface area contributed by atoms with E-state index in [1.54, 1.807) is 23.0 Å². The zero-order chi connectivity index (χ0) is 12.6. The van der Waals surface area contributed by atoms with Gasteiger partial charge < -0.3 is 5.73 Å². The van der Waals surface area contributed by atoms with Crippen LogP contribution in [0.5, 0.6) is 0 Å². The average Bonchev–Trinajstić information content (AvgIpc) is 2.57. The van der Waals surface area contributed by atoms with Crippen molar-refractivity contribution in [1.29, 1.82) is 5.41 Å². The Kier molecular flexibility index (Phi) is 2.85. The maximum atomic E-state index is 7.29. The molecule has 0 unspecified atom stereocenters. The molecule has 0 saturated heterocycles. The van der Waals surface area contributed by atoms with E-state index < -0.39 is 0 Å². The number of rotatable bonds is 2. The molecule has 88 valence electrons. The van der Waals surface area contributed by atoms with Crippen LogP contribution < -0.4 is 5.73 Å². The van der Waals surface area contributed by atoms with Crippen LogP contribution in [0.15, 0.2) is 18.3 Å². The van der Waals surface area contributed by atoms with Crippen LogP contribution in [0.2, 0.25) is 5.02 Å². The zero-order valence-electron chi connectivity index (χ0n) is 9.53. The predicted octanol–water partition coefficient (Wildman–Crippen LogP) is 1.82. The largest absolute Gasteiger partial charge is 0.384 e. The third kappa shape index (κ3) is 2.01. The van der Waals surface area contributed by atoms with Crippen molar-refractivity contribution < 1.29 is 0 Å². The molecule has 0 aliphatic heterocycles. The van der Waals surface area contributed by atoms with E-state index >= 15 is 0 Å². The highest BCUT2D eigenvalue weighted by atomic mass is 35.5. The van der Waals surface area contributed by atoms with E-state index in [9.17, 15) is 0 Å². The molecule has 0 amide bonds. The number of aromatic nitrogens is 3. The number of hydrogen-bond donors (Lipinski definition) is 2. The van der Waals surface area contributed by atoms with Crippen molar-refractivity contribution >= 4 is 17.4 Å². The molecule has 5 nitrogen and oxygen atoms in total. The number of nitrogens with two attached hydrogens (primary N) is 1. The summed E-state index contributed by atoms with van der Waals surface area (Å²) in [6, 6.07) is 3.49.